The average molecular weight is 745 g/mol. The molecule has 0 bridgehead atoms. The molecule has 3 saturated heterocycles. The quantitative estimate of drug-likeness (QED) is 0.174. The summed E-state index contributed by atoms with van der Waals surface area (Å²) in [5, 5.41) is 12.0. The molecule has 0 aliphatic carbocycles. The minimum atomic E-state index is -3.85. The molecule has 4 aliphatic rings. The van der Waals surface area contributed by atoms with E-state index in [1.807, 2.05) is 6.07 Å². The Morgan fingerprint density at radius 3 is 2.36 bits per heavy atom. The number of imide groups is 2. The molecule has 2 aromatic heterocycles. The van der Waals surface area contributed by atoms with Gasteiger partial charge in [-0.05, 0) is 73.9 Å². The van der Waals surface area contributed by atoms with Crippen molar-refractivity contribution >= 4 is 58.3 Å². The van der Waals surface area contributed by atoms with Gasteiger partial charge in [0.2, 0.25) is 11.8 Å². The van der Waals surface area contributed by atoms with Crippen LogP contribution in [0.5, 0.6) is 5.75 Å². The fourth-order valence-electron chi connectivity index (χ4n) is 7.51. The molecule has 8 rings (SSSR count). The lowest BCUT2D eigenvalue weighted by molar-refractivity contribution is -0.136. The summed E-state index contributed by atoms with van der Waals surface area (Å²) >= 11 is 4.82. The Hall–Kier alpha value is -5.90. The summed E-state index contributed by atoms with van der Waals surface area (Å²) in [5.74, 6) is -2.04. The van der Waals surface area contributed by atoms with E-state index in [1.165, 1.54) is 30.5 Å². The summed E-state index contributed by atoms with van der Waals surface area (Å²) in [7, 11) is 0. The highest BCUT2D eigenvalue weighted by Gasteiger charge is 2.47. The second-order valence-corrected chi connectivity index (χ2v) is 14.1. The summed E-state index contributed by atoms with van der Waals surface area (Å²) in [6, 6.07) is 13.1. The van der Waals surface area contributed by atoms with E-state index in [9.17, 15) is 32.8 Å². The normalized spacial score (nSPS) is 19.6. The van der Waals surface area contributed by atoms with Gasteiger partial charge in [0.25, 0.3) is 17.7 Å². The zero-order chi connectivity index (χ0) is 37.1. The van der Waals surface area contributed by atoms with Crippen LogP contribution in [-0.4, -0.2) is 87.4 Å². The van der Waals surface area contributed by atoms with Crippen molar-refractivity contribution < 1.29 is 37.5 Å². The van der Waals surface area contributed by atoms with Crippen LogP contribution in [0.2, 0.25) is 0 Å². The summed E-state index contributed by atoms with van der Waals surface area (Å²) in [5.41, 5.74) is -0.479. The maximum absolute atomic E-state index is 13.4. The first-order valence-electron chi connectivity index (χ1n) is 16.9. The molecule has 272 valence electrons. The number of fused-ring (bicyclic) bond motifs is 1. The van der Waals surface area contributed by atoms with E-state index in [1.54, 1.807) is 30.5 Å². The van der Waals surface area contributed by atoms with Crippen molar-refractivity contribution in [3.05, 3.63) is 83.7 Å². The van der Waals surface area contributed by atoms with Crippen molar-refractivity contribution in [3.8, 4) is 17.0 Å². The van der Waals surface area contributed by atoms with E-state index in [2.05, 4.69) is 35.4 Å². The van der Waals surface area contributed by atoms with Crippen molar-refractivity contribution in [2.45, 2.75) is 37.3 Å². The maximum atomic E-state index is 13.4. The molecular weight excluding hydrogens is 714 g/mol. The molecule has 17 heteroatoms. The minimum absolute atomic E-state index is 0.0356. The Bertz CT molecular complexity index is 2140. The number of carbonyl (C=O) groups is 5. The summed E-state index contributed by atoms with van der Waals surface area (Å²) in [6.45, 7) is 2.95. The smallest absolute Gasteiger partial charge is 0.420 e. The number of ether oxygens (including phenoxy) is 1. The van der Waals surface area contributed by atoms with Gasteiger partial charge in [0.1, 0.15) is 17.6 Å². The number of aromatic nitrogens is 3. The lowest BCUT2D eigenvalue weighted by atomic mass is 9.71. The van der Waals surface area contributed by atoms with Crippen LogP contribution in [0.4, 0.5) is 26.0 Å². The van der Waals surface area contributed by atoms with Crippen LogP contribution in [0.25, 0.3) is 11.3 Å². The lowest BCUT2D eigenvalue weighted by Gasteiger charge is -2.55. The van der Waals surface area contributed by atoms with Crippen LogP contribution in [0.15, 0.2) is 67.0 Å². The second-order valence-electron chi connectivity index (χ2n) is 13.6. The predicted molar refractivity (Wildman–Crippen MR) is 187 cm³/mol. The predicted octanol–water partition coefficient (Wildman–Crippen LogP) is 4.40. The number of hydrogen-bond donors (Lipinski definition) is 3. The number of aromatic amines is 1. The van der Waals surface area contributed by atoms with Crippen molar-refractivity contribution in [2.24, 2.45) is 5.41 Å². The van der Waals surface area contributed by atoms with Crippen LogP contribution in [-0.2, 0) is 9.59 Å². The first-order chi connectivity index (χ1) is 25.4. The molecule has 3 fully saturated rings. The standard InChI is InChI=1S/C36H31ClF2N8O6/c37-36(38,39)53-23-4-1-21(2-5-23)42-31(49)20-15-26(27-9-12-41-44-27)30(40-17-20)46-18-35(19-46)10-13-45(14-11-35)22-3-6-24-25(16-22)34(52)47(33(24)51)28-7-8-29(48)43-32(28)50/h1-6,9,12,15-17,28H,7-8,10-11,13-14,18-19H2,(H,41,44)(H,42,49)(H,43,48,50). The number of hydrogen-bond acceptors (Lipinski definition) is 10. The van der Waals surface area contributed by atoms with Crippen molar-refractivity contribution in [1.29, 1.82) is 0 Å². The maximum Gasteiger partial charge on any atom is 0.487 e. The van der Waals surface area contributed by atoms with E-state index < -0.39 is 41.1 Å². The molecule has 2 aromatic carbocycles. The molecule has 14 nitrogen and oxygen atoms in total. The summed E-state index contributed by atoms with van der Waals surface area (Å²) in [4.78, 5) is 73.7. The van der Waals surface area contributed by atoms with Gasteiger partial charge in [-0.2, -0.15) is 5.10 Å². The Morgan fingerprint density at radius 2 is 1.68 bits per heavy atom. The minimum Gasteiger partial charge on any atom is -0.420 e. The molecule has 53 heavy (non-hydrogen) atoms. The van der Waals surface area contributed by atoms with Gasteiger partial charge in [-0.25, -0.2) is 4.98 Å². The topological polar surface area (TPSA) is 170 Å². The molecule has 1 atom stereocenters. The molecule has 5 amide bonds. The highest BCUT2D eigenvalue weighted by molar-refractivity contribution is 6.24. The molecule has 0 radical (unpaired) electrons. The van der Waals surface area contributed by atoms with Gasteiger partial charge in [0.15, 0.2) is 0 Å². The van der Waals surface area contributed by atoms with Crippen LogP contribution < -0.4 is 25.2 Å². The van der Waals surface area contributed by atoms with Crippen molar-refractivity contribution in [2.75, 3.05) is 41.3 Å². The molecule has 6 heterocycles. The number of halogens is 3. The van der Waals surface area contributed by atoms with Crippen LogP contribution in [0, 0.1) is 5.41 Å². The Labute approximate surface area is 305 Å². The Morgan fingerprint density at radius 1 is 0.943 bits per heavy atom. The van der Waals surface area contributed by atoms with Gasteiger partial charge in [0, 0.05) is 78.9 Å². The number of amides is 5. The number of carbonyl (C=O) groups excluding carboxylic acids is 5. The zero-order valence-corrected chi connectivity index (χ0v) is 28.7. The third-order valence-electron chi connectivity index (χ3n) is 10.2. The fourth-order valence-corrected chi connectivity index (χ4v) is 7.59. The SMILES string of the molecule is O=C1CCC(N2C(=O)c3ccc(N4CCC5(CC4)CN(c4ncc(C(=O)Nc6ccc(OC(F)(F)Cl)cc6)cc4-c4ccn[nH]4)C5)cc3C2=O)C(=O)N1. The van der Waals surface area contributed by atoms with E-state index >= 15 is 0 Å². The van der Waals surface area contributed by atoms with Crippen LogP contribution in [0.1, 0.15) is 56.8 Å². The van der Waals surface area contributed by atoms with Crippen LogP contribution in [0.3, 0.4) is 0 Å². The third-order valence-corrected chi connectivity index (χ3v) is 10.3. The van der Waals surface area contributed by atoms with E-state index in [0.29, 0.717) is 22.8 Å². The Kier molecular flexibility index (Phi) is 8.36. The number of piperidine rings is 2. The molecule has 4 aliphatic heterocycles. The van der Waals surface area contributed by atoms with Gasteiger partial charge >= 0.3 is 5.57 Å². The zero-order valence-electron chi connectivity index (χ0n) is 27.9. The van der Waals surface area contributed by atoms with Crippen molar-refractivity contribution in [1.82, 2.24) is 25.4 Å². The molecule has 1 unspecified atom stereocenters. The second kappa shape index (κ2) is 12.9. The lowest BCUT2D eigenvalue weighted by Crippen LogP contribution is -2.61. The number of nitrogens with one attached hydrogen (secondary N) is 3. The van der Waals surface area contributed by atoms with Gasteiger partial charge in [0.05, 0.1) is 22.4 Å². The summed E-state index contributed by atoms with van der Waals surface area (Å²) in [6.07, 6.45) is 5.02. The first-order valence-corrected chi connectivity index (χ1v) is 17.3. The van der Waals surface area contributed by atoms with Gasteiger partial charge in [-0.3, -0.25) is 39.3 Å². The fraction of sp³-hybridized carbons (Fsp3) is 0.306. The highest BCUT2D eigenvalue weighted by atomic mass is 35.5. The Balaban J connectivity index is 0.919. The molecule has 0 saturated carbocycles. The number of H-pyrrole nitrogens is 1. The molecule has 4 aromatic rings. The average Bonchev–Trinajstić information content (AvgIpc) is 3.74. The summed E-state index contributed by atoms with van der Waals surface area (Å²) < 4.78 is 30.2. The number of alkyl halides is 3. The van der Waals surface area contributed by atoms with Gasteiger partial charge in [-0.1, -0.05) is 0 Å². The number of anilines is 3. The number of nitrogens with zero attached hydrogens (tertiary/aromatic N) is 5. The molecule has 1 spiro atoms. The van der Waals surface area contributed by atoms with E-state index in [4.69, 9.17) is 16.6 Å². The van der Waals surface area contributed by atoms with E-state index in [0.717, 1.165) is 49.6 Å². The molecular formula is C36H31ClF2N8O6. The monoisotopic (exact) mass is 744 g/mol. The van der Waals surface area contributed by atoms with Crippen molar-refractivity contribution in [3.63, 3.8) is 0 Å². The first kappa shape index (κ1) is 34.2. The number of rotatable bonds is 8. The van der Waals surface area contributed by atoms with Gasteiger partial charge < -0.3 is 19.9 Å². The molecule has 3 N–H and O–H groups in total. The largest absolute Gasteiger partial charge is 0.487 e. The third kappa shape index (κ3) is 6.54. The highest BCUT2D eigenvalue weighted by Crippen LogP contribution is 2.45. The number of pyridine rings is 1. The van der Waals surface area contributed by atoms with E-state index in [-0.39, 0.29) is 40.7 Å². The van der Waals surface area contributed by atoms with Gasteiger partial charge in [-0.15, -0.1) is 8.78 Å². The number of benzene rings is 2. The van der Waals surface area contributed by atoms with Crippen LogP contribution >= 0.6 is 11.6 Å².